The third-order valence-electron chi connectivity index (χ3n) is 5.04. The SMILES string of the molecule is CC(C)CN(CCC(=O)N1CCNCC1)S(=O)(=O)c1ccc(C(C)C)cc1.O=C(O)C(F)(F)F. The summed E-state index contributed by atoms with van der Waals surface area (Å²) in [6, 6.07) is 7.10. The topological polar surface area (TPSA) is 107 Å². The summed E-state index contributed by atoms with van der Waals surface area (Å²) in [7, 11) is -3.61. The maximum absolute atomic E-state index is 13.1. The highest BCUT2D eigenvalue weighted by Crippen LogP contribution is 2.21. The van der Waals surface area contributed by atoms with Crippen LogP contribution in [0.5, 0.6) is 0 Å². The molecule has 0 radical (unpaired) electrons. The Kier molecular flexibility index (Phi) is 11.5. The smallest absolute Gasteiger partial charge is 0.475 e. The van der Waals surface area contributed by atoms with E-state index in [2.05, 4.69) is 19.2 Å². The molecule has 8 nitrogen and oxygen atoms in total. The minimum absolute atomic E-state index is 0.0237. The zero-order chi connectivity index (χ0) is 26.1. The molecule has 0 bridgehead atoms. The maximum atomic E-state index is 13.1. The average Bonchev–Trinajstić information content (AvgIpc) is 2.76. The first kappa shape index (κ1) is 29.9. The molecule has 2 N–H and O–H groups in total. The van der Waals surface area contributed by atoms with Crippen molar-refractivity contribution in [1.82, 2.24) is 14.5 Å². The number of amides is 1. The van der Waals surface area contributed by atoms with Crippen LogP contribution in [0, 0.1) is 5.92 Å². The lowest BCUT2D eigenvalue weighted by Crippen LogP contribution is -2.47. The van der Waals surface area contributed by atoms with Gasteiger partial charge in [0.15, 0.2) is 0 Å². The van der Waals surface area contributed by atoms with Gasteiger partial charge in [-0.05, 0) is 29.5 Å². The lowest BCUT2D eigenvalue weighted by atomic mass is 10.0. The van der Waals surface area contributed by atoms with Crippen LogP contribution in [-0.4, -0.2) is 80.1 Å². The van der Waals surface area contributed by atoms with Crippen LogP contribution in [0.15, 0.2) is 29.2 Å². The molecule has 1 fully saturated rings. The van der Waals surface area contributed by atoms with E-state index >= 15 is 0 Å². The molecule has 34 heavy (non-hydrogen) atoms. The zero-order valence-electron chi connectivity index (χ0n) is 19.9. The van der Waals surface area contributed by atoms with Crippen molar-refractivity contribution in [1.29, 1.82) is 0 Å². The molecule has 12 heteroatoms. The lowest BCUT2D eigenvalue weighted by Gasteiger charge is -2.29. The van der Waals surface area contributed by atoms with Crippen LogP contribution >= 0.6 is 0 Å². The van der Waals surface area contributed by atoms with Crippen molar-refractivity contribution in [3.63, 3.8) is 0 Å². The van der Waals surface area contributed by atoms with Crippen LogP contribution < -0.4 is 5.32 Å². The van der Waals surface area contributed by atoms with Gasteiger partial charge in [0.1, 0.15) is 0 Å². The Bertz CT molecular complexity index is 897. The first-order valence-electron chi connectivity index (χ1n) is 11.0. The van der Waals surface area contributed by atoms with Gasteiger partial charge >= 0.3 is 12.1 Å². The molecule has 1 aromatic carbocycles. The van der Waals surface area contributed by atoms with Crippen LogP contribution in [-0.2, 0) is 19.6 Å². The molecule has 1 aromatic rings. The molecule has 1 saturated heterocycles. The Balaban J connectivity index is 0.000000718. The summed E-state index contributed by atoms with van der Waals surface area (Å²) < 4.78 is 59.5. The van der Waals surface area contributed by atoms with E-state index in [0.29, 0.717) is 30.4 Å². The standard InChI is InChI=1S/C20H33N3O3S.C2HF3O2/c1-16(2)15-23(12-9-20(24)22-13-10-21-11-14-22)27(25,26)19-7-5-18(6-8-19)17(3)4;3-2(4,5)1(6)7/h5-8,16-17,21H,9-15H2,1-4H3;(H,6,7). The van der Waals surface area contributed by atoms with E-state index in [1.54, 1.807) is 12.1 Å². The Morgan fingerprint density at radius 3 is 2.00 bits per heavy atom. The number of carboxylic acids is 1. The number of aliphatic carboxylic acids is 1. The van der Waals surface area contributed by atoms with Gasteiger partial charge in [0.05, 0.1) is 4.90 Å². The first-order valence-corrected chi connectivity index (χ1v) is 12.5. The zero-order valence-corrected chi connectivity index (χ0v) is 20.7. The summed E-state index contributed by atoms with van der Waals surface area (Å²) in [6.07, 6.45) is -4.87. The highest BCUT2D eigenvalue weighted by molar-refractivity contribution is 7.89. The molecule has 0 atom stereocenters. The molecule has 0 unspecified atom stereocenters. The number of rotatable bonds is 8. The summed E-state index contributed by atoms with van der Waals surface area (Å²) in [5, 5.41) is 10.3. The first-order chi connectivity index (χ1) is 15.7. The van der Waals surface area contributed by atoms with Crippen molar-refractivity contribution < 1.29 is 36.3 Å². The number of nitrogens with one attached hydrogen (secondary N) is 1. The second-order valence-electron chi connectivity index (χ2n) is 8.66. The van der Waals surface area contributed by atoms with E-state index in [9.17, 15) is 26.4 Å². The number of nitrogens with zero attached hydrogens (tertiary/aromatic N) is 2. The number of benzene rings is 1. The minimum atomic E-state index is -5.08. The van der Waals surface area contributed by atoms with Crippen LogP contribution in [0.2, 0.25) is 0 Å². The maximum Gasteiger partial charge on any atom is 0.490 e. The van der Waals surface area contributed by atoms with Crippen molar-refractivity contribution in [2.75, 3.05) is 39.3 Å². The number of alkyl halides is 3. The van der Waals surface area contributed by atoms with Crippen molar-refractivity contribution in [3.8, 4) is 0 Å². The fourth-order valence-corrected chi connectivity index (χ4v) is 4.79. The third-order valence-corrected chi connectivity index (χ3v) is 6.92. The summed E-state index contributed by atoms with van der Waals surface area (Å²) in [5.74, 6) is -2.20. The van der Waals surface area contributed by atoms with Crippen molar-refractivity contribution in [3.05, 3.63) is 29.8 Å². The van der Waals surface area contributed by atoms with Crippen LogP contribution in [0.25, 0.3) is 0 Å². The number of hydrogen-bond donors (Lipinski definition) is 2. The molecule has 0 aliphatic carbocycles. The van der Waals surface area contributed by atoms with E-state index in [1.807, 2.05) is 30.9 Å². The number of sulfonamides is 1. The summed E-state index contributed by atoms with van der Waals surface area (Å²) in [5.41, 5.74) is 1.11. The number of carbonyl (C=O) groups excluding carboxylic acids is 1. The fourth-order valence-electron chi connectivity index (χ4n) is 3.18. The Hall–Kier alpha value is -2.18. The average molecular weight is 510 g/mol. The molecular formula is C22H34F3N3O5S. The number of carboxylic acid groups (broad SMARTS) is 1. The van der Waals surface area contributed by atoms with Gasteiger partial charge in [0.25, 0.3) is 0 Å². The largest absolute Gasteiger partial charge is 0.490 e. The molecule has 1 aliphatic rings. The molecule has 1 aliphatic heterocycles. The van der Waals surface area contributed by atoms with Crippen molar-refractivity contribution in [2.24, 2.45) is 5.92 Å². The molecule has 0 saturated carbocycles. The minimum Gasteiger partial charge on any atom is -0.475 e. The number of hydrogen-bond acceptors (Lipinski definition) is 5. The van der Waals surface area contributed by atoms with E-state index < -0.39 is 22.2 Å². The second-order valence-corrected chi connectivity index (χ2v) is 10.6. The highest BCUT2D eigenvalue weighted by atomic mass is 32.2. The van der Waals surface area contributed by atoms with Gasteiger partial charge in [0, 0.05) is 45.7 Å². The highest BCUT2D eigenvalue weighted by Gasteiger charge is 2.38. The Morgan fingerprint density at radius 1 is 1.09 bits per heavy atom. The quantitative estimate of drug-likeness (QED) is 0.558. The fraction of sp³-hybridized carbons (Fsp3) is 0.636. The van der Waals surface area contributed by atoms with Crippen LogP contribution in [0.1, 0.15) is 45.6 Å². The van der Waals surface area contributed by atoms with E-state index in [-0.39, 0.29) is 24.8 Å². The molecule has 2 rings (SSSR count). The van der Waals surface area contributed by atoms with E-state index in [0.717, 1.165) is 18.7 Å². The van der Waals surface area contributed by atoms with Gasteiger partial charge in [0.2, 0.25) is 15.9 Å². The van der Waals surface area contributed by atoms with Crippen molar-refractivity contribution in [2.45, 2.75) is 51.1 Å². The predicted molar refractivity (Wildman–Crippen MR) is 122 cm³/mol. The normalized spacial score (nSPS) is 14.8. The molecular weight excluding hydrogens is 475 g/mol. The van der Waals surface area contributed by atoms with E-state index in [1.165, 1.54) is 4.31 Å². The Morgan fingerprint density at radius 2 is 1.59 bits per heavy atom. The van der Waals surface area contributed by atoms with Gasteiger partial charge in [-0.15, -0.1) is 0 Å². The van der Waals surface area contributed by atoms with E-state index in [4.69, 9.17) is 9.90 Å². The second kappa shape index (κ2) is 13.1. The van der Waals surface area contributed by atoms with Gasteiger partial charge in [-0.2, -0.15) is 17.5 Å². The van der Waals surface area contributed by atoms with Gasteiger partial charge in [-0.1, -0.05) is 39.8 Å². The van der Waals surface area contributed by atoms with Crippen LogP contribution in [0.3, 0.4) is 0 Å². The van der Waals surface area contributed by atoms with Gasteiger partial charge in [-0.3, -0.25) is 4.79 Å². The number of carbonyl (C=O) groups is 2. The lowest BCUT2D eigenvalue weighted by molar-refractivity contribution is -0.192. The molecule has 0 aromatic heterocycles. The molecule has 1 amide bonds. The van der Waals surface area contributed by atoms with Crippen LogP contribution in [0.4, 0.5) is 13.2 Å². The number of halogens is 3. The summed E-state index contributed by atoms with van der Waals surface area (Å²) in [4.78, 5) is 23.5. The molecule has 0 spiro atoms. The monoisotopic (exact) mass is 509 g/mol. The summed E-state index contributed by atoms with van der Waals surface area (Å²) >= 11 is 0. The van der Waals surface area contributed by atoms with Crippen molar-refractivity contribution >= 4 is 21.9 Å². The van der Waals surface area contributed by atoms with Gasteiger partial charge in [-0.25, -0.2) is 13.2 Å². The molecule has 194 valence electrons. The Labute approximate surface area is 199 Å². The molecule has 1 heterocycles. The summed E-state index contributed by atoms with van der Waals surface area (Å²) in [6.45, 7) is 11.7. The predicted octanol–water partition coefficient (Wildman–Crippen LogP) is 2.91. The third kappa shape index (κ3) is 9.59. The van der Waals surface area contributed by atoms with Gasteiger partial charge < -0.3 is 15.3 Å². The number of piperazine rings is 1.